The van der Waals surface area contributed by atoms with Gasteiger partial charge < -0.3 is 9.84 Å². The van der Waals surface area contributed by atoms with E-state index in [0.717, 1.165) is 57.0 Å². The largest absolute Gasteiger partial charge is 0.392 e. The molecule has 1 aromatic heterocycles. The van der Waals surface area contributed by atoms with E-state index in [9.17, 15) is 5.11 Å². The molecule has 2 unspecified atom stereocenters. The Labute approximate surface area is 148 Å². The van der Waals surface area contributed by atoms with Crippen molar-refractivity contribution in [2.45, 2.75) is 44.9 Å². The van der Waals surface area contributed by atoms with E-state index in [0.29, 0.717) is 0 Å². The number of nitrogens with zero attached hydrogens (tertiary/aromatic N) is 4. The molecule has 2 aliphatic rings. The van der Waals surface area contributed by atoms with Gasteiger partial charge in [-0.3, -0.25) is 4.90 Å². The van der Waals surface area contributed by atoms with Gasteiger partial charge in [0.25, 0.3) is 0 Å². The van der Waals surface area contributed by atoms with Crippen LogP contribution in [0.4, 0.5) is 0 Å². The average Bonchev–Trinajstić information content (AvgIpc) is 3.11. The molecule has 1 aliphatic heterocycles. The third-order valence-corrected chi connectivity index (χ3v) is 5.82. The van der Waals surface area contributed by atoms with E-state index in [1.807, 2.05) is 41.9 Å². The summed E-state index contributed by atoms with van der Waals surface area (Å²) in [6, 6.07) is 10.0. The van der Waals surface area contributed by atoms with E-state index in [-0.39, 0.29) is 17.6 Å². The van der Waals surface area contributed by atoms with E-state index >= 15 is 0 Å². The normalized spacial score (nSPS) is 25.8. The number of para-hydroxylation sites is 1. The Kier molecular flexibility index (Phi) is 4.58. The van der Waals surface area contributed by atoms with Gasteiger partial charge in [0, 0.05) is 18.4 Å². The second kappa shape index (κ2) is 6.86. The molecule has 1 aromatic carbocycles. The van der Waals surface area contributed by atoms with Crippen LogP contribution in [0.1, 0.15) is 32.0 Å². The molecule has 1 saturated carbocycles. The third kappa shape index (κ3) is 3.10. The Hall–Kier alpha value is -1.76. The summed E-state index contributed by atoms with van der Waals surface area (Å²) in [6.45, 7) is 5.43. The van der Waals surface area contributed by atoms with Gasteiger partial charge >= 0.3 is 0 Å². The summed E-state index contributed by atoms with van der Waals surface area (Å²) in [5, 5.41) is 14.9. The number of hydrogen-bond donors (Lipinski definition) is 1. The second-order valence-corrected chi connectivity index (χ2v) is 7.15. The summed E-state index contributed by atoms with van der Waals surface area (Å²) in [7, 11) is 0. The molecule has 1 aliphatic carbocycles. The number of likely N-dealkylation sites (tertiary alicyclic amines) is 1. The molecule has 2 heterocycles. The molecule has 6 nitrogen and oxygen atoms in total. The molecular weight excluding hydrogens is 316 g/mol. The van der Waals surface area contributed by atoms with Gasteiger partial charge in [0.15, 0.2) is 5.82 Å². The average molecular weight is 342 g/mol. The van der Waals surface area contributed by atoms with Gasteiger partial charge in [0.1, 0.15) is 6.33 Å². The van der Waals surface area contributed by atoms with Gasteiger partial charge in [-0.05, 0) is 45.0 Å². The van der Waals surface area contributed by atoms with Crippen molar-refractivity contribution in [2.24, 2.45) is 5.41 Å². The number of hydrogen-bond acceptors (Lipinski definition) is 5. The van der Waals surface area contributed by atoms with Crippen LogP contribution in [0, 0.1) is 5.41 Å². The lowest BCUT2D eigenvalue weighted by atomic mass is 9.58. The molecule has 6 heteroatoms. The minimum atomic E-state index is -0.207. The topological polar surface area (TPSA) is 63.4 Å². The fourth-order valence-corrected chi connectivity index (χ4v) is 4.22. The standard InChI is InChI=1S/C19H26N4O2/c1-2-25-17-12-16(24)19(17)8-10-22(11-9-19)13-18-20-14-23(21-18)15-6-4-3-5-7-15/h3-7,14,16-17,24H,2,8-13H2,1H3. The highest BCUT2D eigenvalue weighted by Gasteiger charge is 2.55. The fourth-order valence-electron chi connectivity index (χ4n) is 4.22. The molecule has 1 N–H and O–H groups in total. The number of piperidine rings is 1. The highest BCUT2D eigenvalue weighted by atomic mass is 16.5. The van der Waals surface area contributed by atoms with Crippen molar-refractivity contribution in [3.63, 3.8) is 0 Å². The van der Waals surface area contributed by atoms with Crippen LogP contribution in [0.25, 0.3) is 5.69 Å². The molecule has 1 saturated heterocycles. The first-order valence-corrected chi connectivity index (χ1v) is 9.19. The second-order valence-electron chi connectivity index (χ2n) is 7.15. The van der Waals surface area contributed by atoms with E-state index in [1.165, 1.54) is 0 Å². The van der Waals surface area contributed by atoms with Crippen LogP contribution in [0.2, 0.25) is 0 Å². The maximum atomic E-state index is 10.3. The predicted octanol–water partition coefficient (Wildman–Crippen LogP) is 2.02. The molecule has 1 spiro atoms. The smallest absolute Gasteiger partial charge is 0.164 e. The maximum absolute atomic E-state index is 10.3. The first kappa shape index (κ1) is 16.7. The van der Waals surface area contributed by atoms with Crippen molar-refractivity contribution in [1.82, 2.24) is 19.7 Å². The summed E-state index contributed by atoms with van der Waals surface area (Å²) in [4.78, 5) is 6.83. The Balaban J connectivity index is 1.36. The van der Waals surface area contributed by atoms with E-state index in [1.54, 1.807) is 6.33 Å². The summed E-state index contributed by atoms with van der Waals surface area (Å²) in [6.07, 6.45) is 4.55. The summed E-state index contributed by atoms with van der Waals surface area (Å²) in [5.41, 5.74) is 1.000. The van der Waals surface area contributed by atoms with Gasteiger partial charge in [-0.25, -0.2) is 9.67 Å². The fraction of sp³-hybridized carbons (Fsp3) is 0.579. The molecule has 0 bridgehead atoms. The van der Waals surface area contributed by atoms with Crippen molar-refractivity contribution in [3.05, 3.63) is 42.5 Å². The SMILES string of the molecule is CCOC1CC(O)C12CCN(Cc1ncn(-c3ccccc3)n1)CC2. The summed E-state index contributed by atoms with van der Waals surface area (Å²) in [5.74, 6) is 0.843. The van der Waals surface area contributed by atoms with Gasteiger partial charge in [0.05, 0.1) is 24.4 Å². The van der Waals surface area contributed by atoms with Crippen molar-refractivity contribution in [2.75, 3.05) is 19.7 Å². The zero-order valence-corrected chi connectivity index (χ0v) is 14.7. The Morgan fingerprint density at radius 1 is 1.24 bits per heavy atom. The molecule has 134 valence electrons. The number of aromatic nitrogens is 3. The third-order valence-electron chi connectivity index (χ3n) is 5.82. The highest BCUT2D eigenvalue weighted by molar-refractivity contribution is 5.29. The highest BCUT2D eigenvalue weighted by Crippen LogP contribution is 2.50. The predicted molar refractivity (Wildman–Crippen MR) is 94.3 cm³/mol. The van der Waals surface area contributed by atoms with Crippen LogP contribution in [-0.4, -0.2) is 56.7 Å². The Bertz CT molecular complexity index is 692. The molecular formula is C19H26N4O2. The van der Waals surface area contributed by atoms with Crippen molar-refractivity contribution in [1.29, 1.82) is 0 Å². The first-order valence-electron chi connectivity index (χ1n) is 9.19. The van der Waals surface area contributed by atoms with E-state index in [4.69, 9.17) is 4.74 Å². The van der Waals surface area contributed by atoms with Crippen LogP contribution < -0.4 is 0 Å². The van der Waals surface area contributed by atoms with Gasteiger partial charge in [-0.2, -0.15) is 0 Å². The minimum Gasteiger partial charge on any atom is -0.392 e. The number of ether oxygens (including phenoxy) is 1. The lowest BCUT2D eigenvalue weighted by molar-refractivity contribution is -0.210. The van der Waals surface area contributed by atoms with Crippen LogP contribution in [0.5, 0.6) is 0 Å². The monoisotopic (exact) mass is 342 g/mol. The quantitative estimate of drug-likeness (QED) is 0.901. The molecule has 2 aromatic rings. The van der Waals surface area contributed by atoms with E-state index in [2.05, 4.69) is 15.0 Å². The molecule has 2 atom stereocenters. The lowest BCUT2D eigenvalue weighted by Gasteiger charge is -2.56. The number of rotatable bonds is 5. The van der Waals surface area contributed by atoms with Crippen LogP contribution in [-0.2, 0) is 11.3 Å². The van der Waals surface area contributed by atoms with Crippen LogP contribution in [0.15, 0.2) is 36.7 Å². The van der Waals surface area contributed by atoms with Gasteiger partial charge in [-0.1, -0.05) is 18.2 Å². The molecule has 0 amide bonds. The first-order chi connectivity index (χ1) is 12.2. The molecule has 2 fully saturated rings. The van der Waals surface area contributed by atoms with Crippen molar-refractivity contribution < 1.29 is 9.84 Å². The molecule has 25 heavy (non-hydrogen) atoms. The van der Waals surface area contributed by atoms with Gasteiger partial charge in [-0.15, -0.1) is 5.10 Å². The van der Waals surface area contributed by atoms with Crippen LogP contribution >= 0.6 is 0 Å². The lowest BCUT2D eigenvalue weighted by Crippen LogP contribution is -2.62. The Morgan fingerprint density at radius 3 is 2.68 bits per heavy atom. The van der Waals surface area contributed by atoms with Crippen molar-refractivity contribution in [3.8, 4) is 5.69 Å². The van der Waals surface area contributed by atoms with Crippen molar-refractivity contribution >= 4 is 0 Å². The number of benzene rings is 1. The maximum Gasteiger partial charge on any atom is 0.164 e. The Morgan fingerprint density at radius 2 is 2.00 bits per heavy atom. The summed E-state index contributed by atoms with van der Waals surface area (Å²) >= 11 is 0. The zero-order valence-electron chi connectivity index (χ0n) is 14.7. The minimum absolute atomic E-state index is 0.0245. The molecule has 0 radical (unpaired) electrons. The number of aliphatic hydroxyl groups excluding tert-OH is 1. The summed E-state index contributed by atoms with van der Waals surface area (Å²) < 4.78 is 7.66. The van der Waals surface area contributed by atoms with Crippen LogP contribution in [0.3, 0.4) is 0 Å². The number of aliphatic hydroxyl groups is 1. The zero-order chi connectivity index (χ0) is 17.3. The molecule has 4 rings (SSSR count). The van der Waals surface area contributed by atoms with E-state index < -0.39 is 0 Å². The van der Waals surface area contributed by atoms with Gasteiger partial charge in [0.2, 0.25) is 0 Å².